The Bertz CT molecular complexity index is 1000. The van der Waals surface area contributed by atoms with Crippen molar-refractivity contribution < 1.29 is 13.7 Å². The SMILES string of the molecule is Cc1cc(C(=O)N2CCN(c3ccc(F)cn3)C(C)C2)c2c(C)noc2n1. The molecule has 0 bridgehead atoms. The van der Waals surface area contributed by atoms with E-state index in [1.54, 1.807) is 19.1 Å². The molecule has 0 spiro atoms. The Kier molecular flexibility index (Phi) is 4.25. The molecule has 0 aromatic carbocycles. The molecule has 0 aliphatic carbocycles. The fourth-order valence-electron chi connectivity index (χ4n) is 3.58. The van der Waals surface area contributed by atoms with E-state index in [-0.39, 0.29) is 17.8 Å². The van der Waals surface area contributed by atoms with Gasteiger partial charge in [0.1, 0.15) is 11.6 Å². The van der Waals surface area contributed by atoms with E-state index in [4.69, 9.17) is 4.52 Å². The summed E-state index contributed by atoms with van der Waals surface area (Å²) in [5, 5.41) is 4.61. The molecule has 1 atom stereocenters. The Morgan fingerprint density at radius 3 is 2.81 bits per heavy atom. The van der Waals surface area contributed by atoms with Crippen molar-refractivity contribution in [2.75, 3.05) is 24.5 Å². The fourth-order valence-corrected chi connectivity index (χ4v) is 3.58. The van der Waals surface area contributed by atoms with Crippen molar-refractivity contribution in [3.63, 3.8) is 0 Å². The van der Waals surface area contributed by atoms with E-state index in [1.807, 2.05) is 18.7 Å². The molecular formula is C19H20FN5O2. The molecule has 7 nitrogen and oxygen atoms in total. The van der Waals surface area contributed by atoms with Crippen molar-refractivity contribution in [2.24, 2.45) is 0 Å². The summed E-state index contributed by atoms with van der Waals surface area (Å²) in [7, 11) is 0. The molecule has 4 rings (SSSR count). The second-order valence-corrected chi connectivity index (χ2v) is 6.89. The Hall–Kier alpha value is -3.03. The van der Waals surface area contributed by atoms with Crippen molar-refractivity contribution in [1.29, 1.82) is 0 Å². The lowest BCUT2D eigenvalue weighted by atomic mass is 10.1. The van der Waals surface area contributed by atoms with Gasteiger partial charge in [-0.25, -0.2) is 14.4 Å². The smallest absolute Gasteiger partial charge is 0.258 e. The molecule has 0 N–H and O–H groups in total. The predicted octanol–water partition coefficient (Wildman–Crippen LogP) is 2.72. The van der Waals surface area contributed by atoms with E-state index < -0.39 is 0 Å². The number of nitrogens with zero attached hydrogens (tertiary/aromatic N) is 5. The van der Waals surface area contributed by atoms with Gasteiger partial charge in [-0.15, -0.1) is 0 Å². The number of carbonyl (C=O) groups is 1. The van der Waals surface area contributed by atoms with E-state index in [1.165, 1.54) is 12.3 Å². The number of hydrogen-bond donors (Lipinski definition) is 0. The van der Waals surface area contributed by atoms with Crippen LogP contribution in [0.2, 0.25) is 0 Å². The summed E-state index contributed by atoms with van der Waals surface area (Å²) < 4.78 is 18.4. The third-order valence-corrected chi connectivity index (χ3v) is 4.90. The number of pyridine rings is 2. The molecule has 0 saturated carbocycles. The molecule has 1 aliphatic heterocycles. The zero-order chi connectivity index (χ0) is 19.1. The molecule has 3 aromatic heterocycles. The minimum absolute atomic E-state index is 0.0580. The number of carbonyl (C=O) groups excluding carboxylic acids is 1. The lowest BCUT2D eigenvalue weighted by Gasteiger charge is -2.40. The second kappa shape index (κ2) is 6.61. The standard InChI is InChI=1S/C19H20FN5O2/c1-11-8-15(17-13(3)23-27-18(17)22-11)19(26)24-6-7-25(12(2)10-24)16-5-4-14(20)9-21-16/h4-5,8-9,12H,6-7,10H2,1-3H3. The van der Waals surface area contributed by atoms with Crippen LogP contribution in [0.4, 0.5) is 10.2 Å². The number of amides is 1. The third kappa shape index (κ3) is 3.11. The highest BCUT2D eigenvalue weighted by Gasteiger charge is 2.30. The summed E-state index contributed by atoms with van der Waals surface area (Å²) in [6, 6.07) is 4.91. The van der Waals surface area contributed by atoms with Crippen molar-refractivity contribution in [2.45, 2.75) is 26.8 Å². The maximum atomic E-state index is 13.2. The van der Waals surface area contributed by atoms with Crippen LogP contribution in [0.15, 0.2) is 28.9 Å². The number of halogens is 1. The number of piperazine rings is 1. The Morgan fingerprint density at radius 1 is 1.30 bits per heavy atom. The molecule has 1 aliphatic rings. The number of aromatic nitrogens is 3. The summed E-state index contributed by atoms with van der Waals surface area (Å²) >= 11 is 0. The number of anilines is 1. The Labute approximate surface area is 155 Å². The average molecular weight is 369 g/mol. The van der Waals surface area contributed by atoms with E-state index >= 15 is 0 Å². The zero-order valence-corrected chi connectivity index (χ0v) is 15.4. The number of aryl methyl sites for hydroxylation is 2. The molecule has 1 unspecified atom stereocenters. The van der Waals surface area contributed by atoms with Crippen molar-refractivity contribution >= 4 is 22.8 Å². The van der Waals surface area contributed by atoms with Gasteiger partial charge >= 0.3 is 0 Å². The molecule has 3 aromatic rings. The molecule has 140 valence electrons. The van der Waals surface area contributed by atoms with Gasteiger partial charge in [0.25, 0.3) is 11.6 Å². The number of hydrogen-bond acceptors (Lipinski definition) is 6. The molecule has 1 saturated heterocycles. The van der Waals surface area contributed by atoms with Gasteiger partial charge in [-0.3, -0.25) is 4.79 Å². The largest absolute Gasteiger partial charge is 0.350 e. The first kappa shape index (κ1) is 17.4. The van der Waals surface area contributed by atoms with Gasteiger partial charge in [0, 0.05) is 31.4 Å². The van der Waals surface area contributed by atoms with Crippen molar-refractivity contribution in [3.05, 3.63) is 47.2 Å². The van der Waals surface area contributed by atoms with Gasteiger partial charge in [0.15, 0.2) is 0 Å². The van der Waals surface area contributed by atoms with Crippen LogP contribution in [0.25, 0.3) is 11.1 Å². The van der Waals surface area contributed by atoms with Gasteiger partial charge in [-0.2, -0.15) is 0 Å². The maximum absolute atomic E-state index is 13.2. The van der Waals surface area contributed by atoms with Crippen molar-refractivity contribution in [3.8, 4) is 0 Å². The van der Waals surface area contributed by atoms with Gasteiger partial charge in [0.05, 0.1) is 22.8 Å². The van der Waals surface area contributed by atoms with Crippen LogP contribution in [0.3, 0.4) is 0 Å². The third-order valence-electron chi connectivity index (χ3n) is 4.90. The predicted molar refractivity (Wildman–Crippen MR) is 98.2 cm³/mol. The van der Waals surface area contributed by atoms with Crippen LogP contribution < -0.4 is 4.90 Å². The molecular weight excluding hydrogens is 349 g/mol. The minimum Gasteiger partial charge on any atom is -0.350 e. The van der Waals surface area contributed by atoms with Gasteiger partial charge in [-0.1, -0.05) is 5.16 Å². The van der Waals surface area contributed by atoms with Crippen LogP contribution >= 0.6 is 0 Å². The quantitative estimate of drug-likeness (QED) is 0.691. The first-order chi connectivity index (χ1) is 12.9. The van der Waals surface area contributed by atoms with Gasteiger partial charge in [0.2, 0.25) is 0 Å². The maximum Gasteiger partial charge on any atom is 0.258 e. The molecule has 0 radical (unpaired) electrons. The summed E-state index contributed by atoms with van der Waals surface area (Å²) in [6.45, 7) is 7.39. The molecule has 27 heavy (non-hydrogen) atoms. The average Bonchev–Trinajstić information content (AvgIpc) is 3.02. The molecule has 4 heterocycles. The topological polar surface area (TPSA) is 75.4 Å². The highest BCUT2D eigenvalue weighted by molar-refractivity contribution is 6.06. The van der Waals surface area contributed by atoms with Gasteiger partial charge < -0.3 is 14.3 Å². The summed E-state index contributed by atoms with van der Waals surface area (Å²) in [5.41, 5.74) is 2.32. The highest BCUT2D eigenvalue weighted by atomic mass is 19.1. The Morgan fingerprint density at radius 2 is 2.11 bits per heavy atom. The van der Waals surface area contributed by atoms with Gasteiger partial charge in [-0.05, 0) is 39.0 Å². The number of fused-ring (bicyclic) bond motifs is 1. The highest BCUT2D eigenvalue weighted by Crippen LogP contribution is 2.25. The summed E-state index contributed by atoms with van der Waals surface area (Å²) in [6.07, 6.45) is 1.21. The lowest BCUT2D eigenvalue weighted by Crippen LogP contribution is -2.54. The second-order valence-electron chi connectivity index (χ2n) is 6.89. The van der Waals surface area contributed by atoms with Crippen LogP contribution in [-0.2, 0) is 0 Å². The first-order valence-electron chi connectivity index (χ1n) is 8.85. The van der Waals surface area contributed by atoms with Crippen LogP contribution in [0.5, 0.6) is 0 Å². The van der Waals surface area contributed by atoms with E-state index in [9.17, 15) is 9.18 Å². The molecule has 1 fully saturated rings. The first-order valence-corrected chi connectivity index (χ1v) is 8.85. The molecule has 8 heteroatoms. The Balaban J connectivity index is 1.58. The normalized spacial score (nSPS) is 17.6. The van der Waals surface area contributed by atoms with Crippen molar-refractivity contribution in [1.82, 2.24) is 20.0 Å². The number of rotatable bonds is 2. The lowest BCUT2D eigenvalue weighted by molar-refractivity contribution is 0.0727. The fraction of sp³-hybridized carbons (Fsp3) is 0.368. The van der Waals surface area contributed by atoms with Crippen LogP contribution in [0, 0.1) is 19.7 Å². The molecule has 1 amide bonds. The minimum atomic E-state index is -0.360. The van der Waals surface area contributed by atoms with E-state index in [0.717, 1.165) is 0 Å². The summed E-state index contributed by atoms with van der Waals surface area (Å²) in [5.74, 6) is 0.296. The van der Waals surface area contributed by atoms with Crippen LogP contribution in [-0.4, -0.2) is 51.6 Å². The summed E-state index contributed by atoms with van der Waals surface area (Å²) in [4.78, 5) is 25.6. The monoisotopic (exact) mass is 369 g/mol. The van der Waals surface area contributed by atoms with E-state index in [2.05, 4.69) is 20.0 Å². The zero-order valence-electron chi connectivity index (χ0n) is 15.4. The van der Waals surface area contributed by atoms with Crippen LogP contribution in [0.1, 0.15) is 28.7 Å². The van der Waals surface area contributed by atoms with E-state index in [0.29, 0.717) is 53.5 Å².